The minimum atomic E-state index is -2.94. The Bertz CT molecular complexity index is 1390. The van der Waals surface area contributed by atoms with Gasteiger partial charge in [-0.05, 0) is 19.9 Å². The van der Waals surface area contributed by atoms with Gasteiger partial charge in [0.05, 0.1) is 29.1 Å². The number of pyridine rings is 1. The number of carbonyl (C=O) groups excluding carboxylic acids is 1. The molecule has 1 aromatic carbocycles. The molecule has 1 amide bonds. The maximum Gasteiger partial charge on any atom is 0.266 e. The van der Waals surface area contributed by atoms with E-state index in [4.69, 9.17) is 4.74 Å². The molecule has 8 nitrogen and oxygen atoms in total. The topological polar surface area (TPSA) is 89.3 Å². The highest BCUT2D eigenvalue weighted by atomic mass is 19.3. The summed E-state index contributed by atoms with van der Waals surface area (Å²) in [6, 6.07) is 4.79. The van der Waals surface area contributed by atoms with Gasteiger partial charge >= 0.3 is 0 Å². The predicted molar refractivity (Wildman–Crippen MR) is 128 cm³/mol. The average molecular weight is 504 g/mol. The zero-order valence-corrected chi connectivity index (χ0v) is 20.7. The van der Waals surface area contributed by atoms with Crippen LogP contribution in [0, 0.1) is 12.7 Å². The SMILES string of the molecule is CO[C@]1(c2cc3c(N[C@H](C)c4cccc(C(F)F)c4F)nc(C)nc3n(C)c2=O)CCN(C(C)=O)C1. The monoisotopic (exact) mass is 503 g/mol. The lowest BCUT2D eigenvalue weighted by Crippen LogP contribution is -2.40. The van der Waals surface area contributed by atoms with Crippen LogP contribution >= 0.6 is 0 Å². The molecule has 0 bridgehead atoms. The van der Waals surface area contributed by atoms with Gasteiger partial charge in [0.25, 0.3) is 12.0 Å². The molecule has 1 fully saturated rings. The number of ether oxygens (including phenoxy) is 1. The highest BCUT2D eigenvalue weighted by Gasteiger charge is 2.43. The first kappa shape index (κ1) is 25.6. The van der Waals surface area contributed by atoms with E-state index in [2.05, 4.69) is 15.3 Å². The standard InChI is InChI=1S/C25H28F3N5O3/c1-13(16-7-6-8-17(20(16)26)21(27)28)29-22-18-11-19(24(35)32(4)23(18)31-14(2)30-22)25(36-5)9-10-33(12-25)15(3)34/h6-8,11,13,21H,9-10,12H2,1-5H3,(H,29,30,31)/t13-,25-/m1/s1. The first-order chi connectivity index (χ1) is 17.0. The summed E-state index contributed by atoms with van der Waals surface area (Å²) in [4.78, 5) is 35.9. The molecule has 0 unspecified atom stereocenters. The fourth-order valence-electron chi connectivity index (χ4n) is 4.78. The molecule has 0 aliphatic carbocycles. The number of hydrogen-bond donors (Lipinski definition) is 1. The molecule has 0 saturated carbocycles. The van der Waals surface area contributed by atoms with Crippen molar-refractivity contribution in [2.24, 2.45) is 7.05 Å². The zero-order chi connectivity index (χ0) is 26.4. The van der Waals surface area contributed by atoms with Gasteiger partial charge in [-0.2, -0.15) is 0 Å². The number of anilines is 1. The number of nitrogens with one attached hydrogen (secondary N) is 1. The molecule has 1 aliphatic rings. The van der Waals surface area contributed by atoms with Crippen molar-refractivity contribution in [3.63, 3.8) is 0 Å². The molecule has 36 heavy (non-hydrogen) atoms. The summed E-state index contributed by atoms with van der Waals surface area (Å²) in [7, 11) is 3.08. The van der Waals surface area contributed by atoms with Crippen molar-refractivity contribution in [2.45, 2.75) is 45.3 Å². The molecule has 3 aromatic rings. The van der Waals surface area contributed by atoms with Crippen LogP contribution in [0.4, 0.5) is 19.0 Å². The van der Waals surface area contributed by atoms with E-state index in [-0.39, 0.29) is 23.6 Å². The van der Waals surface area contributed by atoms with Crippen LogP contribution in [0.2, 0.25) is 0 Å². The number of nitrogens with zero attached hydrogens (tertiary/aromatic N) is 4. The summed E-state index contributed by atoms with van der Waals surface area (Å²) in [5, 5.41) is 3.59. The molecule has 4 rings (SSSR count). The van der Waals surface area contributed by atoms with Crippen LogP contribution in [0.25, 0.3) is 11.0 Å². The second-order valence-corrected chi connectivity index (χ2v) is 9.09. The molecule has 11 heteroatoms. The van der Waals surface area contributed by atoms with Crippen molar-refractivity contribution in [3.8, 4) is 0 Å². The molecule has 1 aliphatic heterocycles. The first-order valence-electron chi connectivity index (χ1n) is 11.5. The Kier molecular flexibility index (Phi) is 6.78. The second-order valence-electron chi connectivity index (χ2n) is 9.09. The van der Waals surface area contributed by atoms with Crippen molar-refractivity contribution >= 4 is 22.8 Å². The van der Waals surface area contributed by atoms with E-state index in [9.17, 15) is 22.8 Å². The van der Waals surface area contributed by atoms with E-state index in [1.165, 1.54) is 30.7 Å². The van der Waals surface area contributed by atoms with Gasteiger partial charge in [-0.1, -0.05) is 18.2 Å². The summed E-state index contributed by atoms with van der Waals surface area (Å²) in [6.45, 7) is 5.42. The summed E-state index contributed by atoms with van der Waals surface area (Å²) in [5.41, 5.74) is -1.25. The van der Waals surface area contributed by atoms with Crippen LogP contribution in [0.15, 0.2) is 29.1 Å². The highest BCUT2D eigenvalue weighted by molar-refractivity contribution is 5.87. The number of halogens is 3. The van der Waals surface area contributed by atoms with E-state index in [1.807, 2.05) is 0 Å². The fourth-order valence-corrected chi connectivity index (χ4v) is 4.78. The van der Waals surface area contributed by atoms with E-state index in [1.54, 1.807) is 31.9 Å². The predicted octanol–water partition coefficient (Wildman–Crippen LogP) is 3.98. The third kappa shape index (κ3) is 4.32. The molecule has 2 aromatic heterocycles. The van der Waals surface area contributed by atoms with Crippen molar-refractivity contribution < 1.29 is 22.7 Å². The Morgan fingerprint density at radius 3 is 2.56 bits per heavy atom. The maximum absolute atomic E-state index is 14.8. The number of benzene rings is 1. The normalized spacial score (nSPS) is 18.8. The van der Waals surface area contributed by atoms with E-state index >= 15 is 0 Å². The van der Waals surface area contributed by atoms with Crippen LogP contribution in [-0.2, 0) is 22.2 Å². The smallest absolute Gasteiger partial charge is 0.266 e. The molecule has 1 saturated heterocycles. The average Bonchev–Trinajstić information content (AvgIpc) is 3.27. The number of rotatable bonds is 6. The number of methoxy groups -OCH3 is 1. The van der Waals surface area contributed by atoms with E-state index in [0.717, 1.165) is 6.07 Å². The van der Waals surface area contributed by atoms with Gasteiger partial charge in [0.1, 0.15) is 28.7 Å². The van der Waals surface area contributed by atoms with Crippen molar-refractivity contribution in [2.75, 3.05) is 25.5 Å². The van der Waals surface area contributed by atoms with Gasteiger partial charge in [-0.3, -0.25) is 14.2 Å². The summed E-state index contributed by atoms with van der Waals surface area (Å²) < 4.78 is 48.5. The third-order valence-electron chi connectivity index (χ3n) is 6.85. The first-order valence-corrected chi connectivity index (χ1v) is 11.5. The maximum atomic E-state index is 14.8. The van der Waals surface area contributed by atoms with Gasteiger partial charge in [-0.15, -0.1) is 0 Å². The molecule has 0 radical (unpaired) electrons. The molecular formula is C25H28F3N5O3. The largest absolute Gasteiger partial charge is 0.371 e. The Labute approximate surface area is 206 Å². The lowest BCUT2D eigenvalue weighted by molar-refractivity contribution is -0.129. The van der Waals surface area contributed by atoms with Crippen molar-refractivity contribution in [1.82, 2.24) is 19.4 Å². The quantitative estimate of drug-likeness (QED) is 0.548. The number of fused-ring (bicyclic) bond motifs is 1. The summed E-state index contributed by atoms with van der Waals surface area (Å²) in [6.07, 6.45) is -2.51. The highest BCUT2D eigenvalue weighted by Crippen LogP contribution is 2.36. The number of aryl methyl sites for hydroxylation is 2. The minimum absolute atomic E-state index is 0.0588. The Morgan fingerprint density at radius 2 is 1.94 bits per heavy atom. The summed E-state index contributed by atoms with van der Waals surface area (Å²) in [5.74, 6) is -0.415. The molecule has 192 valence electrons. The Morgan fingerprint density at radius 1 is 1.25 bits per heavy atom. The molecule has 0 spiro atoms. The van der Waals surface area contributed by atoms with Crippen LogP contribution in [-0.4, -0.2) is 45.5 Å². The lowest BCUT2D eigenvalue weighted by atomic mass is 9.92. The van der Waals surface area contributed by atoms with Gasteiger partial charge < -0.3 is 15.0 Å². The summed E-state index contributed by atoms with van der Waals surface area (Å²) >= 11 is 0. The molecular weight excluding hydrogens is 475 g/mol. The number of carbonyl (C=O) groups is 1. The molecule has 1 N–H and O–H groups in total. The van der Waals surface area contributed by atoms with Crippen LogP contribution in [0.1, 0.15) is 55.3 Å². The van der Waals surface area contributed by atoms with Crippen molar-refractivity contribution in [1.29, 1.82) is 0 Å². The fraction of sp³-hybridized carbons (Fsp3) is 0.440. The zero-order valence-electron chi connectivity index (χ0n) is 20.7. The minimum Gasteiger partial charge on any atom is -0.371 e. The Balaban J connectivity index is 1.84. The van der Waals surface area contributed by atoms with Crippen LogP contribution in [0.5, 0.6) is 0 Å². The number of aromatic nitrogens is 3. The third-order valence-corrected chi connectivity index (χ3v) is 6.85. The number of amides is 1. The van der Waals surface area contributed by atoms with Gasteiger partial charge in [0, 0.05) is 39.6 Å². The Hall–Kier alpha value is -3.47. The molecule has 3 heterocycles. The van der Waals surface area contributed by atoms with Gasteiger partial charge in [-0.25, -0.2) is 23.1 Å². The van der Waals surface area contributed by atoms with E-state index < -0.39 is 29.4 Å². The number of hydrogen-bond acceptors (Lipinski definition) is 6. The van der Waals surface area contributed by atoms with Crippen molar-refractivity contribution in [3.05, 3.63) is 63.0 Å². The van der Waals surface area contributed by atoms with Gasteiger partial charge in [0.15, 0.2) is 0 Å². The second kappa shape index (κ2) is 9.53. The van der Waals surface area contributed by atoms with Gasteiger partial charge in [0.2, 0.25) is 5.91 Å². The molecule has 2 atom stereocenters. The van der Waals surface area contributed by atoms with E-state index in [0.29, 0.717) is 41.2 Å². The lowest BCUT2D eigenvalue weighted by Gasteiger charge is -2.28. The number of likely N-dealkylation sites (tertiary alicyclic amines) is 1. The van der Waals surface area contributed by atoms with Crippen LogP contribution in [0.3, 0.4) is 0 Å². The van der Waals surface area contributed by atoms with Crippen LogP contribution < -0.4 is 10.9 Å². The number of alkyl halides is 2.